The Kier molecular flexibility index (Phi) is 9.57. The first-order valence-electron chi connectivity index (χ1n) is 10.2. The molecule has 2 amide bonds. The molecule has 0 aliphatic carbocycles. The molecule has 2 aromatic rings. The van der Waals surface area contributed by atoms with E-state index in [2.05, 4.69) is 5.32 Å². The molecule has 0 spiro atoms. The predicted molar refractivity (Wildman–Crippen MR) is 134 cm³/mol. The number of nitro benzene ring substituents is 1. The number of carbonyl (C=O) groups is 2. The summed E-state index contributed by atoms with van der Waals surface area (Å²) in [7, 11) is 0. The molecule has 10 heteroatoms. The van der Waals surface area contributed by atoms with Gasteiger partial charge in [-0.2, -0.15) is 0 Å². The standard InChI is InChI=1S/C23H27Cl2N3O4S/c1-15(22(30)26-23(2,3)4)27(12-17-7-10-19(24)20(25)11-17)21(29)14-33-13-16-5-8-18(9-6-16)28(31)32/h5-11,15H,12-14H2,1-4H3,(H,26,30). The molecule has 0 bridgehead atoms. The number of rotatable bonds is 9. The molecule has 0 saturated carbocycles. The van der Waals surface area contributed by atoms with Crippen LogP contribution in [0.4, 0.5) is 5.69 Å². The Labute approximate surface area is 208 Å². The molecular weight excluding hydrogens is 485 g/mol. The molecule has 0 aromatic heterocycles. The number of amides is 2. The second-order valence-electron chi connectivity index (χ2n) is 8.60. The molecule has 0 aliphatic rings. The summed E-state index contributed by atoms with van der Waals surface area (Å²) in [5.74, 6) is 0.194. The maximum atomic E-state index is 13.1. The van der Waals surface area contributed by atoms with E-state index in [4.69, 9.17) is 23.2 Å². The molecular formula is C23H27Cl2N3O4S. The Morgan fingerprint density at radius 2 is 1.70 bits per heavy atom. The van der Waals surface area contributed by atoms with E-state index in [0.717, 1.165) is 11.1 Å². The number of hydrogen-bond acceptors (Lipinski definition) is 5. The van der Waals surface area contributed by atoms with Crippen molar-refractivity contribution in [2.75, 3.05) is 5.75 Å². The number of carbonyl (C=O) groups excluding carboxylic acids is 2. The number of nitrogens with zero attached hydrogens (tertiary/aromatic N) is 2. The van der Waals surface area contributed by atoms with Crippen LogP contribution in [-0.4, -0.2) is 39.0 Å². The average Bonchev–Trinajstić information content (AvgIpc) is 2.73. The van der Waals surface area contributed by atoms with E-state index >= 15 is 0 Å². The lowest BCUT2D eigenvalue weighted by molar-refractivity contribution is -0.384. The smallest absolute Gasteiger partial charge is 0.269 e. The minimum Gasteiger partial charge on any atom is -0.350 e. The molecule has 0 fully saturated rings. The molecule has 0 heterocycles. The number of nitro groups is 1. The number of halogens is 2. The van der Waals surface area contributed by atoms with Gasteiger partial charge in [0, 0.05) is 30.0 Å². The number of non-ortho nitro benzene ring substituents is 1. The summed E-state index contributed by atoms with van der Waals surface area (Å²) < 4.78 is 0. The summed E-state index contributed by atoms with van der Waals surface area (Å²) in [4.78, 5) is 37.8. The third-order valence-corrected chi connectivity index (χ3v) is 6.37. The number of benzene rings is 2. The SMILES string of the molecule is CC(C(=O)NC(C)(C)C)N(Cc1ccc(Cl)c(Cl)c1)C(=O)CSCc1ccc([N+](=O)[O-])cc1. The maximum Gasteiger partial charge on any atom is 0.269 e. The van der Waals surface area contributed by atoms with Crippen molar-refractivity contribution in [3.63, 3.8) is 0 Å². The third kappa shape index (κ3) is 8.53. The molecule has 0 radical (unpaired) electrons. The van der Waals surface area contributed by atoms with Crippen molar-refractivity contribution in [2.24, 2.45) is 0 Å². The highest BCUT2D eigenvalue weighted by Gasteiger charge is 2.28. The lowest BCUT2D eigenvalue weighted by Gasteiger charge is -2.31. The summed E-state index contributed by atoms with van der Waals surface area (Å²) in [6, 6.07) is 10.6. The van der Waals surface area contributed by atoms with Crippen LogP contribution >= 0.6 is 35.0 Å². The van der Waals surface area contributed by atoms with Crippen LogP contribution in [0, 0.1) is 10.1 Å². The van der Waals surface area contributed by atoms with E-state index in [1.54, 1.807) is 37.3 Å². The van der Waals surface area contributed by atoms with E-state index in [1.165, 1.54) is 28.8 Å². The highest BCUT2D eigenvalue weighted by atomic mass is 35.5. The van der Waals surface area contributed by atoms with Crippen molar-refractivity contribution in [2.45, 2.75) is 51.6 Å². The van der Waals surface area contributed by atoms with Gasteiger partial charge in [0.1, 0.15) is 6.04 Å². The summed E-state index contributed by atoms with van der Waals surface area (Å²) in [5.41, 5.74) is 1.21. The summed E-state index contributed by atoms with van der Waals surface area (Å²) in [6.07, 6.45) is 0. The van der Waals surface area contributed by atoms with Crippen LogP contribution in [-0.2, 0) is 21.9 Å². The lowest BCUT2D eigenvalue weighted by atomic mass is 10.1. The fourth-order valence-electron chi connectivity index (χ4n) is 2.94. The van der Waals surface area contributed by atoms with Crippen LogP contribution in [0.5, 0.6) is 0 Å². The summed E-state index contributed by atoms with van der Waals surface area (Å²) in [5, 5.41) is 14.5. The second kappa shape index (κ2) is 11.7. The van der Waals surface area contributed by atoms with E-state index in [0.29, 0.717) is 15.8 Å². The molecule has 33 heavy (non-hydrogen) atoms. The van der Waals surface area contributed by atoms with Crippen LogP contribution in [0.15, 0.2) is 42.5 Å². The summed E-state index contributed by atoms with van der Waals surface area (Å²) >= 11 is 13.5. The van der Waals surface area contributed by atoms with Crippen molar-refractivity contribution >= 4 is 52.5 Å². The highest BCUT2D eigenvalue weighted by Crippen LogP contribution is 2.24. The zero-order valence-corrected chi connectivity index (χ0v) is 21.3. The Morgan fingerprint density at radius 1 is 1.09 bits per heavy atom. The van der Waals surface area contributed by atoms with E-state index in [1.807, 2.05) is 20.8 Å². The van der Waals surface area contributed by atoms with Crippen LogP contribution < -0.4 is 5.32 Å². The second-order valence-corrected chi connectivity index (χ2v) is 10.4. The number of thioether (sulfide) groups is 1. The van der Waals surface area contributed by atoms with Gasteiger partial charge in [-0.05, 0) is 51.0 Å². The minimum absolute atomic E-state index is 0.0197. The molecule has 2 rings (SSSR count). The fourth-order valence-corrected chi connectivity index (χ4v) is 4.14. The molecule has 178 valence electrons. The van der Waals surface area contributed by atoms with Gasteiger partial charge in [-0.1, -0.05) is 41.4 Å². The van der Waals surface area contributed by atoms with Gasteiger partial charge in [0.05, 0.1) is 20.7 Å². The lowest BCUT2D eigenvalue weighted by Crippen LogP contribution is -2.52. The fraction of sp³-hybridized carbons (Fsp3) is 0.391. The van der Waals surface area contributed by atoms with Gasteiger partial charge in [-0.3, -0.25) is 19.7 Å². The zero-order chi connectivity index (χ0) is 24.8. The molecule has 1 atom stereocenters. The normalized spacial score (nSPS) is 12.2. The first-order chi connectivity index (χ1) is 15.4. The number of hydrogen-bond donors (Lipinski definition) is 1. The molecule has 1 N–H and O–H groups in total. The van der Waals surface area contributed by atoms with Crippen LogP contribution in [0.2, 0.25) is 10.0 Å². The molecule has 0 aliphatic heterocycles. The monoisotopic (exact) mass is 511 g/mol. The van der Waals surface area contributed by atoms with Gasteiger partial charge in [-0.15, -0.1) is 11.8 Å². The van der Waals surface area contributed by atoms with Gasteiger partial charge < -0.3 is 10.2 Å². The zero-order valence-electron chi connectivity index (χ0n) is 18.9. The third-order valence-electron chi connectivity index (χ3n) is 4.64. The first kappa shape index (κ1) is 27.0. The van der Waals surface area contributed by atoms with Crippen molar-refractivity contribution in [3.05, 3.63) is 73.8 Å². The maximum absolute atomic E-state index is 13.1. The molecule has 0 saturated heterocycles. The van der Waals surface area contributed by atoms with Crippen molar-refractivity contribution in [1.29, 1.82) is 0 Å². The Hall–Kier alpha value is -2.29. The quantitative estimate of drug-likeness (QED) is 0.356. The molecule has 1 unspecified atom stereocenters. The van der Waals surface area contributed by atoms with E-state index in [-0.39, 0.29) is 29.8 Å². The van der Waals surface area contributed by atoms with Gasteiger partial charge >= 0.3 is 0 Å². The molecule has 7 nitrogen and oxygen atoms in total. The Bertz CT molecular complexity index is 1010. The Balaban J connectivity index is 2.11. The van der Waals surface area contributed by atoms with Gasteiger partial charge in [0.25, 0.3) is 5.69 Å². The van der Waals surface area contributed by atoms with Crippen molar-refractivity contribution < 1.29 is 14.5 Å². The Morgan fingerprint density at radius 3 is 2.24 bits per heavy atom. The summed E-state index contributed by atoms with van der Waals surface area (Å²) in [6.45, 7) is 7.53. The van der Waals surface area contributed by atoms with Crippen LogP contribution in [0.3, 0.4) is 0 Å². The predicted octanol–water partition coefficient (Wildman–Crippen LogP) is 5.47. The van der Waals surface area contributed by atoms with E-state index < -0.39 is 16.5 Å². The van der Waals surface area contributed by atoms with Crippen molar-refractivity contribution in [1.82, 2.24) is 10.2 Å². The van der Waals surface area contributed by atoms with Gasteiger partial charge in [0.2, 0.25) is 11.8 Å². The number of nitrogens with one attached hydrogen (secondary N) is 1. The molecule has 2 aromatic carbocycles. The average molecular weight is 512 g/mol. The first-order valence-corrected chi connectivity index (χ1v) is 12.1. The van der Waals surface area contributed by atoms with Gasteiger partial charge in [0.15, 0.2) is 0 Å². The van der Waals surface area contributed by atoms with Crippen molar-refractivity contribution in [3.8, 4) is 0 Å². The largest absolute Gasteiger partial charge is 0.350 e. The minimum atomic E-state index is -0.703. The van der Waals surface area contributed by atoms with E-state index in [9.17, 15) is 19.7 Å². The van der Waals surface area contributed by atoms with Gasteiger partial charge in [-0.25, -0.2) is 0 Å². The topological polar surface area (TPSA) is 92.6 Å². The highest BCUT2D eigenvalue weighted by molar-refractivity contribution is 7.99. The van der Waals surface area contributed by atoms with Crippen LogP contribution in [0.1, 0.15) is 38.8 Å². The van der Waals surface area contributed by atoms with Crippen LogP contribution in [0.25, 0.3) is 0 Å².